The van der Waals surface area contributed by atoms with E-state index in [0.717, 1.165) is 39.0 Å². The molecule has 0 amide bonds. The van der Waals surface area contributed by atoms with Crippen molar-refractivity contribution in [1.29, 1.82) is 0 Å². The molecule has 3 nitrogen and oxygen atoms in total. The van der Waals surface area contributed by atoms with Crippen LogP contribution < -0.4 is 11.3 Å². The summed E-state index contributed by atoms with van der Waals surface area (Å²) in [6, 6.07) is 0. The first kappa shape index (κ1) is 9.88. The van der Waals surface area contributed by atoms with Gasteiger partial charge in [0.1, 0.15) is 0 Å². The van der Waals surface area contributed by atoms with E-state index in [1.54, 1.807) is 0 Å². The SMILES string of the molecule is CCCOCCCCNN. The van der Waals surface area contributed by atoms with Crippen molar-refractivity contribution in [2.45, 2.75) is 26.2 Å². The summed E-state index contributed by atoms with van der Waals surface area (Å²) in [7, 11) is 0. The molecule has 62 valence electrons. The lowest BCUT2D eigenvalue weighted by Gasteiger charge is -2.00. The van der Waals surface area contributed by atoms with Crippen LogP contribution in [0.25, 0.3) is 0 Å². The van der Waals surface area contributed by atoms with E-state index in [-0.39, 0.29) is 0 Å². The third-order valence-corrected chi connectivity index (χ3v) is 1.21. The molecule has 0 radical (unpaired) electrons. The molecule has 10 heavy (non-hydrogen) atoms. The van der Waals surface area contributed by atoms with E-state index in [1.165, 1.54) is 0 Å². The number of unbranched alkanes of at least 4 members (excludes halogenated alkanes) is 1. The van der Waals surface area contributed by atoms with Crippen LogP contribution in [0.15, 0.2) is 0 Å². The predicted octanol–water partition coefficient (Wildman–Crippen LogP) is 0.657. The molecule has 0 saturated heterocycles. The van der Waals surface area contributed by atoms with Gasteiger partial charge in [-0.05, 0) is 19.3 Å². The number of hydrogen-bond acceptors (Lipinski definition) is 3. The Balaban J connectivity index is 2.65. The summed E-state index contributed by atoms with van der Waals surface area (Å²) >= 11 is 0. The molecule has 0 atom stereocenters. The Labute approximate surface area is 62.9 Å². The van der Waals surface area contributed by atoms with Crippen LogP contribution in [0, 0.1) is 0 Å². The molecule has 0 aliphatic heterocycles. The van der Waals surface area contributed by atoms with Gasteiger partial charge >= 0.3 is 0 Å². The van der Waals surface area contributed by atoms with Crippen molar-refractivity contribution in [1.82, 2.24) is 5.43 Å². The smallest absolute Gasteiger partial charge is 0.0466 e. The Morgan fingerprint density at radius 3 is 2.70 bits per heavy atom. The first-order chi connectivity index (χ1) is 4.91. The van der Waals surface area contributed by atoms with Gasteiger partial charge in [-0.3, -0.25) is 11.3 Å². The number of nitrogens with one attached hydrogen (secondary N) is 1. The molecule has 3 N–H and O–H groups in total. The van der Waals surface area contributed by atoms with Gasteiger partial charge in [0.25, 0.3) is 0 Å². The minimum Gasteiger partial charge on any atom is -0.381 e. The van der Waals surface area contributed by atoms with Gasteiger partial charge < -0.3 is 4.74 Å². The fraction of sp³-hybridized carbons (Fsp3) is 1.00. The van der Waals surface area contributed by atoms with Gasteiger partial charge in [0.2, 0.25) is 0 Å². The van der Waals surface area contributed by atoms with E-state index in [1.807, 2.05) is 0 Å². The summed E-state index contributed by atoms with van der Waals surface area (Å²) in [6.45, 7) is 4.75. The summed E-state index contributed by atoms with van der Waals surface area (Å²) in [5.41, 5.74) is 2.60. The Hall–Kier alpha value is -0.120. The Kier molecular flexibility index (Phi) is 8.77. The first-order valence-electron chi connectivity index (χ1n) is 3.93. The molecule has 0 aliphatic carbocycles. The zero-order valence-electron chi connectivity index (χ0n) is 6.73. The fourth-order valence-corrected chi connectivity index (χ4v) is 0.678. The number of rotatable bonds is 7. The molecule has 0 fully saturated rings. The average Bonchev–Trinajstić information content (AvgIpc) is 1.97. The molecular formula is C7H18N2O. The highest BCUT2D eigenvalue weighted by Gasteiger charge is 1.86. The van der Waals surface area contributed by atoms with Crippen LogP contribution in [-0.2, 0) is 4.74 Å². The van der Waals surface area contributed by atoms with Crippen LogP contribution in [-0.4, -0.2) is 19.8 Å². The van der Waals surface area contributed by atoms with E-state index in [0.29, 0.717) is 0 Å². The van der Waals surface area contributed by atoms with Gasteiger partial charge in [-0.25, -0.2) is 0 Å². The third kappa shape index (κ3) is 7.88. The van der Waals surface area contributed by atoms with E-state index < -0.39 is 0 Å². The summed E-state index contributed by atoms with van der Waals surface area (Å²) in [5, 5.41) is 0. The average molecular weight is 146 g/mol. The van der Waals surface area contributed by atoms with Crippen LogP contribution in [0.4, 0.5) is 0 Å². The minimum absolute atomic E-state index is 0.871. The Bertz CT molecular complexity index is 51.6. The monoisotopic (exact) mass is 146 g/mol. The second-order valence-corrected chi connectivity index (χ2v) is 2.27. The topological polar surface area (TPSA) is 47.3 Å². The van der Waals surface area contributed by atoms with Crippen LogP contribution in [0.2, 0.25) is 0 Å². The third-order valence-electron chi connectivity index (χ3n) is 1.21. The van der Waals surface area contributed by atoms with Crippen molar-refractivity contribution in [2.24, 2.45) is 5.84 Å². The number of hydrazine groups is 1. The molecule has 3 heteroatoms. The standard InChI is InChI=1S/C7H18N2O/c1-2-6-10-7-4-3-5-9-8/h9H,2-8H2,1H3. The van der Waals surface area contributed by atoms with Gasteiger partial charge in [-0.15, -0.1) is 0 Å². The van der Waals surface area contributed by atoms with Crippen LogP contribution in [0.1, 0.15) is 26.2 Å². The molecule has 0 heterocycles. The summed E-state index contributed by atoms with van der Waals surface area (Å²) in [5.74, 6) is 5.08. The number of nitrogens with two attached hydrogens (primary N) is 1. The quantitative estimate of drug-likeness (QED) is 0.315. The first-order valence-corrected chi connectivity index (χ1v) is 3.93. The number of hydrogen-bond donors (Lipinski definition) is 2. The molecule has 0 aliphatic rings. The maximum absolute atomic E-state index is 5.26. The van der Waals surface area contributed by atoms with Gasteiger partial charge in [0, 0.05) is 19.8 Å². The Morgan fingerprint density at radius 2 is 2.10 bits per heavy atom. The van der Waals surface area contributed by atoms with E-state index in [9.17, 15) is 0 Å². The summed E-state index contributed by atoms with van der Waals surface area (Å²) in [4.78, 5) is 0. The highest BCUT2D eigenvalue weighted by molar-refractivity contribution is 4.40. The molecule has 0 saturated carbocycles. The van der Waals surface area contributed by atoms with Crippen molar-refractivity contribution < 1.29 is 4.74 Å². The maximum Gasteiger partial charge on any atom is 0.0466 e. The minimum atomic E-state index is 0.871. The van der Waals surface area contributed by atoms with Gasteiger partial charge in [0.05, 0.1) is 0 Å². The molecule has 0 aromatic heterocycles. The molecule has 0 aromatic rings. The molecule has 0 aromatic carbocycles. The Morgan fingerprint density at radius 1 is 1.30 bits per heavy atom. The van der Waals surface area contributed by atoms with Crippen LogP contribution in [0.3, 0.4) is 0 Å². The van der Waals surface area contributed by atoms with Crippen molar-refractivity contribution in [3.8, 4) is 0 Å². The van der Waals surface area contributed by atoms with Crippen LogP contribution in [0.5, 0.6) is 0 Å². The van der Waals surface area contributed by atoms with E-state index >= 15 is 0 Å². The zero-order chi connectivity index (χ0) is 7.66. The molecule has 0 rings (SSSR count). The maximum atomic E-state index is 5.26. The van der Waals surface area contributed by atoms with Crippen molar-refractivity contribution >= 4 is 0 Å². The lowest BCUT2D eigenvalue weighted by atomic mass is 10.3. The molecule has 0 bridgehead atoms. The second-order valence-electron chi connectivity index (χ2n) is 2.27. The molecule has 0 spiro atoms. The highest BCUT2D eigenvalue weighted by atomic mass is 16.5. The van der Waals surface area contributed by atoms with Gasteiger partial charge in [-0.1, -0.05) is 6.92 Å². The highest BCUT2D eigenvalue weighted by Crippen LogP contribution is 1.88. The van der Waals surface area contributed by atoms with Crippen LogP contribution >= 0.6 is 0 Å². The predicted molar refractivity (Wildman–Crippen MR) is 42.5 cm³/mol. The van der Waals surface area contributed by atoms with Gasteiger partial charge in [-0.2, -0.15) is 0 Å². The van der Waals surface area contributed by atoms with Crippen molar-refractivity contribution in [3.63, 3.8) is 0 Å². The second kappa shape index (κ2) is 8.88. The van der Waals surface area contributed by atoms with Crippen molar-refractivity contribution in [2.75, 3.05) is 19.8 Å². The van der Waals surface area contributed by atoms with Gasteiger partial charge in [0.15, 0.2) is 0 Å². The zero-order valence-corrected chi connectivity index (χ0v) is 6.73. The van der Waals surface area contributed by atoms with Crippen molar-refractivity contribution in [3.05, 3.63) is 0 Å². The number of ether oxygens (including phenoxy) is 1. The lowest BCUT2D eigenvalue weighted by molar-refractivity contribution is 0.131. The summed E-state index contributed by atoms with van der Waals surface area (Å²) in [6.07, 6.45) is 3.31. The summed E-state index contributed by atoms with van der Waals surface area (Å²) < 4.78 is 5.26. The normalized spacial score (nSPS) is 10.2. The molecule has 0 unspecified atom stereocenters. The largest absolute Gasteiger partial charge is 0.381 e. The lowest BCUT2D eigenvalue weighted by Crippen LogP contribution is -2.23. The van der Waals surface area contributed by atoms with E-state index in [4.69, 9.17) is 10.6 Å². The fourth-order valence-electron chi connectivity index (χ4n) is 0.678. The molecular weight excluding hydrogens is 128 g/mol. The van der Waals surface area contributed by atoms with E-state index in [2.05, 4.69) is 12.3 Å².